The van der Waals surface area contributed by atoms with Gasteiger partial charge in [-0.25, -0.2) is 0 Å². The maximum absolute atomic E-state index is 13.0. The molecule has 0 saturated carbocycles. The third-order valence-corrected chi connectivity index (χ3v) is 4.08. The summed E-state index contributed by atoms with van der Waals surface area (Å²) < 4.78 is 10.6. The van der Waals surface area contributed by atoms with E-state index in [-0.39, 0.29) is 35.4 Å². The quantitative estimate of drug-likeness (QED) is 0.728. The van der Waals surface area contributed by atoms with Gasteiger partial charge in [0.2, 0.25) is 5.91 Å². The van der Waals surface area contributed by atoms with E-state index in [4.69, 9.17) is 9.26 Å². The van der Waals surface area contributed by atoms with E-state index in [0.29, 0.717) is 24.6 Å². The molecule has 158 valence electrons. The molecule has 7 heteroatoms. The smallest absolute Gasteiger partial charge is 0.276 e. The second kappa shape index (κ2) is 9.58. The number of nitrogens with one attached hydrogen (secondary N) is 1. The van der Waals surface area contributed by atoms with E-state index < -0.39 is 0 Å². The van der Waals surface area contributed by atoms with Crippen molar-refractivity contribution in [2.45, 2.75) is 46.6 Å². The molecule has 0 radical (unpaired) electrons. The van der Waals surface area contributed by atoms with Crippen LogP contribution in [-0.4, -0.2) is 47.6 Å². The molecular weight excluding hydrogens is 370 g/mol. The van der Waals surface area contributed by atoms with Crippen molar-refractivity contribution in [3.63, 3.8) is 0 Å². The lowest BCUT2D eigenvalue weighted by atomic mass is 10.1. The van der Waals surface area contributed by atoms with E-state index in [1.54, 1.807) is 18.1 Å². The van der Waals surface area contributed by atoms with E-state index in [1.165, 1.54) is 0 Å². The monoisotopic (exact) mass is 401 g/mol. The summed E-state index contributed by atoms with van der Waals surface area (Å²) in [7, 11) is 1.59. The Hall–Kier alpha value is -2.83. The molecule has 0 fully saturated rings. The molecular formula is C22H31N3O4. The third-order valence-electron chi connectivity index (χ3n) is 4.08. The molecule has 0 bridgehead atoms. The average Bonchev–Trinajstić information content (AvgIpc) is 3.13. The van der Waals surface area contributed by atoms with Crippen LogP contribution in [0, 0.1) is 5.92 Å². The van der Waals surface area contributed by atoms with Gasteiger partial charge in [0.25, 0.3) is 5.91 Å². The number of amides is 2. The standard InChI is InChI=1S/C22H31N3O4/c1-15(2)14-25(11-10-20(26)23-22(3,4)5)21(27)18-13-19(29-24-18)16-8-7-9-17(12-16)28-6/h7-9,12-13,15H,10-11,14H2,1-6H3,(H,23,26). The number of benzene rings is 1. The Morgan fingerprint density at radius 3 is 2.59 bits per heavy atom. The minimum absolute atomic E-state index is 0.0868. The molecule has 0 saturated heterocycles. The first-order valence-electron chi connectivity index (χ1n) is 9.80. The molecule has 0 aliphatic carbocycles. The Morgan fingerprint density at radius 2 is 1.97 bits per heavy atom. The second-order valence-corrected chi connectivity index (χ2v) is 8.50. The van der Waals surface area contributed by atoms with Crippen molar-refractivity contribution >= 4 is 11.8 Å². The van der Waals surface area contributed by atoms with Gasteiger partial charge >= 0.3 is 0 Å². The van der Waals surface area contributed by atoms with Crippen molar-refractivity contribution in [3.8, 4) is 17.1 Å². The van der Waals surface area contributed by atoms with Crippen LogP contribution in [0.4, 0.5) is 0 Å². The fourth-order valence-corrected chi connectivity index (χ4v) is 2.88. The number of carbonyl (C=O) groups excluding carboxylic acids is 2. The van der Waals surface area contributed by atoms with Crippen LogP contribution in [0.1, 0.15) is 51.5 Å². The van der Waals surface area contributed by atoms with Crippen LogP contribution in [0.25, 0.3) is 11.3 Å². The zero-order valence-corrected chi connectivity index (χ0v) is 18.1. The van der Waals surface area contributed by atoms with Crippen LogP contribution < -0.4 is 10.1 Å². The lowest BCUT2D eigenvalue weighted by Crippen LogP contribution is -2.43. The molecule has 29 heavy (non-hydrogen) atoms. The van der Waals surface area contributed by atoms with E-state index in [9.17, 15) is 9.59 Å². The molecule has 0 spiro atoms. The summed E-state index contributed by atoms with van der Waals surface area (Å²) in [6.45, 7) is 10.7. The maximum atomic E-state index is 13.0. The van der Waals surface area contributed by atoms with Crippen molar-refractivity contribution in [2.24, 2.45) is 5.92 Å². The van der Waals surface area contributed by atoms with Gasteiger partial charge < -0.3 is 19.5 Å². The number of ether oxygens (including phenoxy) is 1. The number of carbonyl (C=O) groups is 2. The molecule has 0 aliphatic rings. The largest absolute Gasteiger partial charge is 0.497 e. The van der Waals surface area contributed by atoms with Crippen molar-refractivity contribution in [1.29, 1.82) is 0 Å². The van der Waals surface area contributed by atoms with Crippen LogP contribution in [-0.2, 0) is 4.79 Å². The van der Waals surface area contributed by atoms with Gasteiger partial charge in [0.05, 0.1) is 7.11 Å². The van der Waals surface area contributed by atoms with E-state index >= 15 is 0 Å². The van der Waals surface area contributed by atoms with Gasteiger partial charge in [-0.1, -0.05) is 31.1 Å². The maximum Gasteiger partial charge on any atom is 0.276 e. The van der Waals surface area contributed by atoms with E-state index in [1.807, 2.05) is 58.9 Å². The van der Waals surface area contributed by atoms with E-state index in [0.717, 1.165) is 5.56 Å². The summed E-state index contributed by atoms with van der Waals surface area (Å²) in [5.41, 5.74) is 0.692. The summed E-state index contributed by atoms with van der Waals surface area (Å²) >= 11 is 0. The Labute approximate surface area is 172 Å². The van der Waals surface area contributed by atoms with Gasteiger partial charge in [-0.3, -0.25) is 9.59 Å². The molecule has 1 heterocycles. The van der Waals surface area contributed by atoms with Gasteiger partial charge in [0.15, 0.2) is 11.5 Å². The first-order valence-corrected chi connectivity index (χ1v) is 9.80. The minimum atomic E-state index is -0.304. The lowest BCUT2D eigenvalue weighted by molar-refractivity contribution is -0.122. The van der Waals surface area contributed by atoms with Gasteiger partial charge in [0.1, 0.15) is 5.75 Å². The predicted octanol–water partition coefficient (Wildman–Crippen LogP) is 3.75. The average molecular weight is 402 g/mol. The molecule has 1 N–H and O–H groups in total. The summed E-state index contributed by atoms with van der Waals surface area (Å²) in [4.78, 5) is 26.8. The van der Waals surface area contributed by atoms with E-state index in [2.05, 4.69) is 10.5 Å². The predicted molar refractivity (Wildman–Crippen MR) is 112 cm³/mol. The highest BCUT2D eigenvalue weighted by Crippen LogP contribution is 2.25. The number of hydrogen-bond donors (Lipinski definition) is 1. The van der Waals surface area contributed by atoms with Crippen molar-refractivity contribution in [2.75, 3.05) is 20.2 Å². The second-order valence-electron chi connectivity index (χ2n) is 8.50. The van der Waals surface area contributed by atoms with Gasteiger partial charge in [-0.05, 0) is 38.8 Å². The van der Waals surface area contributed by atoms with Crippen LogP contribution in [0.15, 0.2) is 34.9 Å². The number of rotatable bonds is 8. The molecule has 1 aromatic heterocycles. The highest BCUT2D eigenvalue weighted by Gasteiger charge is 2.23. The molecule has 1 aromatic carbocycles. The van der Waals surface area contributed by atoms with Crippen LogP contribution in [0.2, 0.25) is 0 Å². The summed E-state index contributed by atoms with van der Waals surface area (Å²) in [5.74, 6) is 1.10. The fourth-order valence-electron chi connectivity index (χ4n) is 2.88. The van der Waals surface area contributed by atoms with Gasteiger partial charge in [-0.2, -0.15) is 0 Å². The van der Waals surface area contributed by atoms with Crippen molar-refractivity contribution in [3.05, 3.63) is 36.0 Å². The zero-order valence-electron chi connectivity index (χ0n) is 18.1. The summed E-state index contributed by atoms with van der Waals surface area (Å²) in [5, 5.41) is 6.88. The topological polar surface area (TPSA) is 84.7 Å². The molecule has 2 aromatic rings. The Morgan fingerprint density at radius 1 is 1.24 bits per heavy atom. The lowest BCUT2D eigenvalue weighted by Gasteiger charge is -2.25. The number of hydrogen-bond acceptors (Lipinski definition) is 5. The molecule has 2 rings (SSSR count). The number of nitrogens with zero attached hydrogens (tertiary/aromatic N) is 2. The first-order chi connectivity index (χ1) is 13.6. The normalized spacial score (nSPS) is 11.4. The Balaban J connectivity index is 2.12. The highest BCUT2D eigenvalue weighted by atomic mass is 16.5. The van der Waals surface area contributed by atoms with Crippen LogP contribution >= 0.6 is 0 Å². The SMILES string of the molecule is COc1cccc(-c2cc(C(=O)N(CCC(=O)NC(C)(C)C)CC(C)C)no2)c1. The number of aromatic nitrogens is 1. The van der Waals surface area contributed by atoms with Crippen LogP contribution in [0.3, 0.4) is 0 Å². The van der Waals surface area contributed by atoms with Crippen LogP contribution in [0.5, 0.6) is 5.75 Å². The van der Waals surface area contributed by atoms with Crippen molar-refractivity contribution < 1.29 is 18.8 Å². The summed E-state index contributed by atoms with van der Waals surface area (Å²) in [6, 6.07) is 8.98. The first kappa shape index (κ1) is 22.5. The summed E-state index contributed by atoms with van der Waals surface area (Å²) in [6.07, 6.45) is 0.232. The minimum Gasteiger partial charge on any atom is -0.497 e. The number of methoxy groups -OCH3 is 1. The van der Waals surface area contributed by atoms with Crippen molar-refractivity contribution in [1.82, 2.24) is 15.4 Å². The molecule has 0 aliphatic heterocycles. The Bertz CT molecular complexity index is 837. The molecule has 0 unspecified atom stereocenters. The molecule has 0 atom stereocenters. The zero-order chi connectivity index (χ0) is 21.6. The third kappa shape index (κ3) is 6.93. The fraction of sp³-hybridized carbons (Fsp3) is 0.500. The Kier molecular flexibility index (Phi) is 7.42. The van der Waals surface area contributed by atoms with Gasteiger partial charge in [-0.15, -0.1) is 0 Å². The molecule has 2 amide bonds. The highest BCUT2D eigenvalue weighted by molar-refractivity contribution is 5.93. The van der Waals surface area contributed by atoms with Gasteiger partial charge in [0, 0.05) is 36.7 Å². The molecule has 7 nitrogen and oxygen atoms in total.